The molecule has 0 radical (unpaired) electrons. The molecule has 0 aliphatic heterocycles. The molecule has 1 aliphatic carbocycles. The summed E-state index contributed by atoms with van der Waals surface area (Å²) in [5.74, 6) is -0.586. The fourth-order valence-corrected chi connectivity index (χ4v) is 3.28. The van der Waals surface area contributed by atoms with Gasteiger partial charge >= 0.3 is 5.97 Å². The van der Waals surface area contributed by atoms with Gasteiger partial charge in [0, 0.05) is 18.7 Å². The smallest absolute Gasteiger partial charge is 0.352 e. The van der Waals surface area contributed by atoms with E-state index in [2.05, 4.69) is 15.8 Å². The van der Waals surface area contributed by atoms with Crippen molar-refractivity contribution in [2.24, 2.45) is 5.92 Å². The number of carboxylic acids is 1. The Hall–Kier alpha value is -2.71. The number of hydrogen-bond donors (Lipinski definition) is 4. The Labute approximate surface area is 181 Å². The lowest BCUT2D eigenvalue weighted by atomic mass is 10.1. The summed E-state index contributed by atoms with van der Waals surface area (Å²) in [7, 11) is 0. The molecule has 1 heterocycles. The highest BCUT2D eigenvalue weighted by Gasteiger charge is 2.22. The van der Waals surface area contributed by atoms with Crippen LogP contribution in [0.15, 0.2) is 35.1 Å². The maximum absolute atomic E-state index is 13.9. The van der Waals surface area contributed by atoms with E-state index in [9.17, 15) is 14.0 Å². The van der Waals surface area contributed by atoms with Crippen LogP contribution in [0.25, 0.3) is 0 Å². The molecule has 7 nitrogen and oxygen atoms in total. The minimum atomic E-state index is -1.13. The molecule has 1 aliphatic rings. The van der Waals surface area contributed by atoms with Crippen molar-refractivity contribution < 1.29 is 19.0 Å². The van der Waals surface area contributed by atoms with E-state index in [1.165, 1.54) is 18.2 Å². The van der Waals surface area contributed by atoms with Crippen molar-refractivity contribution in [3.8, 4) is 5.75 Å². The lowest BCUT2D eigenvalue weighted by Gasteiger charge is -2.17. The van der Waals surface area contributed by atoms with E-state index < -0.39 is 11.5 Å². The molecule has 1 aromatic carbocycles. The summed E-state index contributed by atoms with van der Waals surface area (Å²) in [5.41, 5.74) is 7.62. The van der Waals surface area contributed by atoms with Crippen molar-refractivity contribution >= 4 is 5.97 Å². The number of benzene rings is 1. The predicted octanol–water partition coefficient (Wildman–Crippen LogP) is 3.57. The molecular formula is C23H30FN3O4. The summed E-state index contributed by atoms with van der Waals surface area (Å²) < 4.78 is 19.5. The third-order valence-electron chi connectivity index (χ3n) is 5.35. The molecule has 1 unspecified atom stereocenters. The zero-order valence-electron chi connectivity index (χ0n) is 17.7. The van der Waals surface area contributed by atoms with Gasteiger partial charge in [0.1, 0.15) is 5.69 Å². The van der Waals surface area contributed by atoms with Crippen molar-refractivity contribution in [2.75, 3.05) is 13.2 Å². The molecule has 0 spiro atoms. The van der Waals surface area contributed by atoms with Gasteiger partial charge in [-0.1, -0.05) is 12.5 Å². The van der Waals surface area contributed by atoms with Gasteiger partial charge in [-0.3, -0.25) is 15.6 Å². The van der Waals surface area contributed by atoms with Crippen molar-refractivity contribution in [1.82, 2.24) is 15.8 Å². The first-order valence-electron chi connectivity index (χ1n) is 10.8. The number of aromatic nitrogens is 1. The third-order valence-corrected chi connectivity index (χ3v) is 5.35. The number of pyridine rings is 1. The quantitative estimate of drug-likeness (QED) is 0.286. The number of hydrazine groups is 1. The van der Waals surface area contributed by atoms with Crippen molar-refractivity contribution in [3.63, 3.8) is 0 Å². The number of aromatic carboxylic acids is 1. The highest BCUT2D eigenvalue weighted by Crippen LogP contribution is 2.31. The molecule has 31 heavy (non-hydrogen) atoms. The zero-order valence-corrected chi connectivity index (χ0v) is 17.7. The lowest BCUT2D eigenvalue weighted by molar-refractivity contribution is 0.0690. The number of carboxylic acid groups (broad SMARTS) is 1. The van der Waals surface area contributed by atoms with Crippen LogP contribution in [-0.4, -0.2) is 29.2 Å². The first-order valence-corrected chi connectivity index (χ1v) is 10.8. The van der Waals surface area contributed by atoms with Gasteiger partial charge in [-0.2, -0.15) is 0 Å². The van der Waals surface area contributed by atoms with Crippen LogP contribution >= 0.6 is 0 Å². The molecule has 1 fully saturated rings. The van der Waals surface area contributed by atoms with Gasteiger partial charge in [-0.05, 0) is 74.3 Å². The Kier molecular flexibility index (Phi) is 8.20. The van der Waals surface area contributed by atoms with Crippen LogP contribution in [0.2, 0.25) is 0 Å². The molecule has 0 amide bonds. The highest BCUT2D eigenvalue weighted by atomic mass is 19.1. The summed E-state index contributed by atoms with van der Waals surface area (Å²) >= 11 is 0. The molecular weight excluding hydrogens is 401 g/mol. The molecule has 168 valence electrons. The molecule has 0 bridgehead atoms. The second kappa shape index (κ2) is 11.1. The van der Waals surface area contributed by atoms with Gasteiger partial charge in [0.25, 0.3) is 0 Å². The van der Waals surface area contributed by atoms with Crippen molar-refractivity contribution in [3.05, 3.63) is 63.3 Å². The molecule has 0 saturated heterocycles. The lowest BCUT2D eigenvalue weighted by Crippen LogP contribution is -2.34. The van der Waals surface area contributed by atoms with Gasteiger partial charge in [0.05, 0.1) is 6.61 Å². The summed E-state index contributed by atoms with van der Waals surface area (Å²) in [5, 5.41) is 9.00. The first-order chi connectivity index (χ1) is 14.9. The SMILES string of the molecule is CC(NNCCCCCc1cc(C(=O)O)[nH]c(=O)c1)c1ccc(F)c(OCC2CC2)c1. The Balaban J connectivity index is 1.34. The molecule has 1 aromatic heterocycles. The van der Waals surface area contributed by atoms with Crippen LogP contribution in [-0.2, 0) is 6.42 Å². The zero-order chi connectivity index (χ0) is 22.2. The Morgan fingerprint density at radius 1 is 1.26 bits per heavy atom. The molecule has 3 rings (SSSR count). The predicted molar refractivity (Wildman–Crippen MR) is 116 cm³/mol. The van der Waals surface area contributed by atoms with Gasteiger partial charge in [-0.25, -0.2) is 9.18 Å². The van der Waals surface area contributed by atoms with Gasteiger partial charge in [-0.15, -0.1) is 0 Å². The summed E-state index contributed by atoms with van der Waals surface area (Å²) in [6.07, 6.45) is 5.71. The number of H-pyrrole nitrogens is 1. The van der Waals surface area contributed by atoms with Crippen LogP contribution in [0.1, 0.15) is 66.7 Å². The molecule has 1 saturated carbocycles. The second-order valence-electron chi connectivity index (χ2n) is 8.12. The number of aryl methyl sites for hydroxylation is 1. The van der Waals surface area contributed by atoms with Crippen molar-refractivity contribution in [2.45, 2.75) is 51.5 Å². The third kappa shape index (κ3) is 7.48. The minimum Gasteiger partial charge on any atom is -0.490 e. The monoisotopic (exact) mass is 431 g/mol. The fourth-order valence-electron chi connectivity index (χ4n) is 3.28. The Morgan fingerprint density at radius 3 is 2.81 bits per heavy atom. The maximum atomic E-state index is 13.9. The number of aromatic amines is 1. The number of nitrogens with one attached hydrogen (secondary N) is 3. The van der Waals surface area contributed by atoms with Gasteiger partial charge in [0.2, 0.25) is 5.56 Å². The van der Waals surface area contributed by atoms with E-state index in [1.54, 1.807) is 12.1 Å². The standard InChI is InChI=1S/C23H30FN3O4/c1-15(18-8-9-19(24)21(13-18)31-14-16-6-7-16)27-25-10-4-2-3-5-17-11-20(23(29)30)26-22(28)12-17/h8-9,11-13,15-16,25,27H,2-7,10,14H2,1H3,(H,26,28)(H,29,30). The number of halogens is 1. The fraction of sp³-hybridized carbons (Fsp3) is 0.478. The highest BCUT2D eigenvalue weighted by molar-refractivity contribution is 5.85. The Morgan fingerprint density at radius 2 is 2.06 bits per heavy atom. The number of carbonyl (C=O) groups is 1. The van der Waals surface area contributed by atoms with E-state index in [1.807, 2.05) is 6.92 Å². The summed E-state index contributed by atoms with van der Waals surface area (Å²) in [6, 6.07) is 7.90. The average Bonchev–Trinajstić information content (AvgIpc) is 3.56. The number of hydrogen-bond acceptors (Lipinski definition) is 5. The normalized spacial score (nSPS) is 14.4. The average molecular weight is 432 g/mol. The summed E-state index contributed by atoms with van der Waals surface area (Å²) in [4.78, 5) is 24.8. The van der Waals surface area contributed by atoms with Crippen LogP contribution in [0, 0.1) is 11.7 Å². The number of rotatable bonds is 13. The molecule has 2 aromatic rings. The molecule has 8 heteroatoms. The van der Waals surface area contributed by atoms with E-state index in [-0.39, 0.29) is 17.6 Å². The van der Waals surface area contributed by atoms with E-state index in [0.717, 1.165) is 49.8 Å². The Bertz CT molecular complexity index is 943. The maximum Gasteiger partial charge on any atom is 0.352 e. The largest absolute Gasteiger partial charge is 0.490 e. The van der Waals surface area contributed by atoms with Crippen LogP contribution in [0.5, 0.6) is 5.75 Å². The first kappa shape index (κ1) is 23.0. The topological polar surface area (TPSA) is 103 Å². The van der Waals surface area contributed by atoms with Crippen molar-refractivity contribution in [1.29, 1.82) is 0 Å². The van der Waals surface area contributed by atoms with E-state index >= 15 is 0 Å². The van der Waals surface area contributed by atoms with Crippen LogP contribution in [0.4, 0.5) is 4.39 Å². The number of unbranched alkanes of at least 4 members (excludes halogenated alkanes) is 2. The minimum absolute atomic E-state index is 0.00522. The second-order valence-corrected chi connectivity index (χ2v) is 8.12. The molecule has 1 atom stereocenters. The van der Waals surface area contributed by atoms with E-state index in [0.29, 0.717) is 24.7 Å². The van der Waals surface area contributed by atoms with E-state index in [4.69, 9.17) is 9.84 Å². The molecule has 4 N–H and O–H groups in total. The van der Waals surface area contributed by atoms with Gasteiger partial charge in [0.15, 0.2) is 11.6 Å². The number of ether oxygens (including phenoxy) is 1. The van der Waals surface area contributed by atoms with Crippen LogP contribution < -0.4 is 21.1 Å². The van der Waals surface area contributed by atoms with Gasteiger partial charge < -0.3 is 14.8 Å². The summed E-state index contributed by atoms with van der Waals surface area (Å²) in [6.45, 7) is 3.33. The van der Waals surface area contributed by atoms with Crippen LogP contribution in [0.3, 0.4) is 0 Å².